The van der Waals surface area contributed by atoms with E-state index in [0.717, 1.165) is 61.3 Å². The largest absolute Gasteiger partial charge is 0.383 e. The smallest absolute Gasteiger partial charge is 0.227 e. The maximum Gasteiger partial charge on any atom is 0.227 e. The normalized spacial score (nSPS) is 20.1. The summed E-state index contributed by atoms with van der Waals surface area (Å²) in [7, 11) is 0. The van der Waals surface area contributed by atoms with Gasteiger partial charge in [-0.3, -0.25) is 0 Å². The molecular weight excluding hydrogens is 234 g/mol. The highest BCUT2D eigenvalue weighted by Gasteiger charge is 2.19. The molecule has 0 atom stereocenters. The van der Waals surface area contributed by atoms with Crippen molar-refractivity contribution in [3.63, 3.8) is 0 Å². The van der Waals surface area contributed by atoms with E-state index in [1.54, 1.807) is 0 Å². The van der Waals surface area contributed by atoms with Crippen LogP contribution in [0.3, 0.4) is 0 Å². The van der Waals surface area contributed by atoms with Crippen molar-refractivity contribution in [1.29, 1.82) is 0 Å². The average Bonchev–Trinajstić information content (AvgIpc) is 2.40. The van der Waals surface area contributed by atoms with Gasteiger partial charge in [0.2, 0.25) is 5.95 Å². The van der Waals surface area contributed by atoms with Crippen LogP contribution < -0.4 is 16.0 Å². The molecule has 6 heteroatoms. The lowest BCUT2D eigenvalue weighted by atomic mass is 10.1. The molecular formula is C11H17N5S. The van der Waals surface area contributed by atoms with E-state index in [1.165, 1.54) is 0 Å². The molecule has 2 aliphatic heterocycles. The predicted octanol–water partition coefficient (Wildman–Crippen LogP) is 0.258. The SMILES string of the molecule is Nc1nc(N2CCSCC2)nc2c1CCNC2. The monoisotopic (exact) mass is 251 g/mol. The molecule has 1 aromatic rings. The lowest BCUT2D eigenvalue weighted by Gasteiger charge is -2.28. The van der Waals surface area contributed by atoms with Gasteiger partial charge in [-0.05, 0) is 13.0 Å². The number of thioether (sulfide) groups is 1. The second-order valence-electron chi connectivity index (χ2n) is 4.36. The van der Waals surface area contributed by atoms with Gasteiger partial charge in [-0.2, -0.15) is 16.7 Å². The van der Waals surface area contributed by atoms with E-state index < -0.39 is 0 Å². The molecule has 1 fully saturated rings. The van der Waals surface area contributed by atoms with Crippen molar-refractivity contribution in [2.75, 3.05) is 41.8 Å². The summed E-state index contributed by atoms with van der Waals surface area (Å²) in [6.45, 7) is 3.84. The first kappa shape index (κ1) is 11.1. The Morgan fingerprint density at radius 3 is 2.88 bits per heavy atom. The zero-order valence-electron chi connectivity index (χ0n) is 9.78. The zero-order chi connectivity index (χ0) is 11.7. The fourth-order valence-electron chi connectivity index (χ4n) is 2.28. The maximum absolute atomic E-state index is 6.04. The number of fused-ring (bicyclic) bond motifs is 1. The second kappa shape index (κ2) is 4.70. The van der Waals surface area contributed by atoms with E-state index in [4.69, 9.17) is 5.73 Å². The van der Waals surface area contributed by atoms with Crippen molar-refractivity contribution in [3.05, 3.63) is 11.3 Å². The molecule has 92 valence electrons. The Bertz CT molecular complexity index is 417. The third-order valence-electron chi connectivity index (χ3n) is 3.25. The molecule has 0 unspecified atom stereocenters. The number of anilines is 2. The van der Waals surface area contributed by atoms with Gasteiger partial charge in [0.15, 0.2) is 0 Å². The van der Waals surface area contributed by atoms with Crippen molar-refractivity contribution >= 4 is 23.5 Å². The molecule has 0 saturated carbocycles. The summed E-state index contributed by atoms with van der Waals surface area (Å²) in [6, 6.07) is 0. The summed E-state index contributed by atoms with van der Waals surface area (Å²) in [5.74, 6) is 3.78. The molecule has 3 rings (SSSR count). The highest BCUT2D eigenvalue weighted by molar-refractivity contribution is 7.99. The summed E-state index contributed by atoms with van der Waals surface area (Å²) in [5.41, 5.74) is 8.26. The van der Waals surface area contributed by atoms with Crippen LogP contribution in [0.1, 0.15) is 11.3 Å². The topological polar surface area (TPSA) is 67.1 Å². The minimum Gasteiger partial charge on any atom is -0.383 e. The predicted molar refractivity (Wildman–Crippen MR) is 71.4 cm³/mol. The van der Waals surface area contributed by atoms with Gasteiger partial charge in [0.05, 0.1) is 5.69 Å². The molecule has 17 heavy (non-hydrogen) atoms. The minimum atomic E-state index is 0.671. The van der Waals surface area contributed by atoms with Crippen LogP contribution in [0.25, 0.3) is 0 Å². The third kappa shape index (κ3) is 2.19. The Balaban J connectivity index is 1.92. The Morgan fingerprint density at radius 2 is 2.06 bits per heavy atom. The van der Waals surface area contributed by atoms with Crippen LogP contribution in [-0.2, 0) is 13.0 Å². The molecule has 5 nitrogen and oxygen atoms in total. The van der Waals surface area contributed by atoms with Crippen LogP contribution in [0.15, 0.2) is 0 Å². The highest BCUT2D eigenvalue weighted by atomic mass is 32.2. The van der Waals surface area contributed by atoms with Crippen LogP contribution in [0.2, 0.25) is 0 Å². The van der Waals surface area contributed by atoms with E-state index in [2.05, 4.69) is 20.2 Å². The summed E-state index contributed by atoms with van der Waals surface area (Å²) >= 11 is 1.99. The van der Waals surface area contributed by atoms with Gasteiger partial charge >= 0.3 is 0 Å². The first-order valence-corrected chi connectivity index (χ1v) is 7.19. The van der Waals surface area contributed by atoms with Gasteiger partial charge < -0.3 is 16.0 Å². The highest BCUT2D eigenvalue weighted by Crippen LogP contribution is 2.22. The average molecular weight is 251 g/mol. The fraction of sp³-hybridized carbons (Fsp3) is 0.636. The Labute approximate surface area is 105 Å². The second-order valence-corrected chi connectivity index (χ2v) is 5.59. The number of nitrogens with one attached hydrogen (secondary N) is 1. The molecule has 3 N–H and O–H groups in total. The Kier molecular flexibility index (Phi) is 3.07. The zero-order valence-corrected chi connectivity index (χ0v) is 10.6. The molecule has 1 saturated heterocycles. The quantitative estimate of drug-likeness (QED) is 0.746. The fourth-order valence-corrected chi connectivity index (χ4v) is 3.18. The molecule has 0 amide bonds. The lowest BCUT2D eigenvalue weighted by Crippen LogP contribution is -2.35. The van der Waals surface area contributed by atoms with Crippen molar-refractivity contribution < 1.29 is 0 Å². The minimum absolute atomic E-state index is 0.671. The number of nitrogens with two attached hydrogens (primary N) is 1. The summed E-state index contributed by atoms with van der Waals surface area (Å²) in [5, 5.41) is 3.33. The number of rotatable bonds is 1. The van der Waals surface area contributed by atoms with E-state index in [0.29, 0.717) is 5.82 Å². The van der Waals surface area contributed by atoms with Crippen LogP contribution in [0, 0.1) is 0 Å². The number of hydrogen-bond acceptors (Lipinski definition) is 6. The van der Waals surface area contributed by atoms with Crippen molar-refractivity contribution in [1.82, 2.24) is 15.3 Å². The molecule has 2 aliphatic rings. The van der Waals surface area contributed by atoms with Crippen LogP contribution in [0.5, 0.6) is 0 Å². The van der Waals surface area contributed by atoms with E-state index in [9.17, 15) is 0 Å². The van der Waals surface area contributed by atoms with Crippen molar-refractivity contribution in [2.24, 2.45) is 0 Å². The van der Waals surface area contributed by atoms with E-state index in [1.807, 2.05) is 11.8 Å². The Morgan fingerprint density at radius 1 is 1.24 bits per heavy atom. The Hall–Kier alpha value is -1.01. The summed E-state index contributed by atoms with van der Waals surface area (Å²) < 4.78 is 0. The summed E-state index contributed by atoms with van der Waals surface area (Å²) in [6.07, 6.45) is 0.942. The number of nitrogen functional groups attached to an aromatic ring is 1. The number of aromatic nitrogens is 2. The number of hydrogen-bond donors (Lipinski definition) is 2. The molecule has 0 aromatic carbocycles. The van der Waals surface area contributed by atoms with Crippen LogP contribution in [0.4, 0.5) is 11.8 Å². The van der Waals surface area contributed by atoms with Gasteiger partial charge in [0.1, 0.15) is 5.82 Å². The molecule has 0 aliphatic carbocycles. The van der Waals surface area contributed by atoms with Gasteiger partial charge in [-0.25, -0.2) is 4.98 Å². The molecule has 1 aromatic heterocycles. The van der Waals surface area contributed by atoms with Gasteiger partial charge in [0, 0.05) is 36.7 Å². The standard InChI is InChI=1S/C11H17N5S/c12-10-8-1-2-13-7-9(8)14-11(15-10)16-3-5-17-6-4-16/h13H,1-7H2,(H2,12,14,15). The summed E-state index contributed by atoms with van der Waals surface area (Å²) in [4.78, 5) is 11.4. The van der Waals surface area contributed by atoms with Gasteiger partial charge in [0.25, 0.3) is 0 Å². The van der Waals surface area contributed by atoms with Crippen molar-refractivity contribution in [2.45, 2.75) is 13.0 Å². The van der Waals surface area contributed by atoms with E-state index in [-0.39, 0.29) is 0 Å². The van der Waals surface area contributed by atoms with Crippen molar-refractivity contribution in [3.8, 4) is 0 Å². The third-order valence-corrected chi connectivity index (χ3v) is 4.19. The first-order valence-electron chi connectivity index (χ1n) is 6.03. The van der Waals surface area contributed by atoms with Gasteiger partial charge in [-0.15, -0.1) is 0 Å². The number of nitrogens with zero attached hydrogens (tertiary/aromatic N) is 3. The molecule has 3 heterocycles. The maximum atomic E-state index is 6.04. The molecule has 0 bridgehead atoms. The van der Waals surface area contributed by atoms with E-state index >= 15 is 0 Å². The molecule has 0 radical (unpaired) electrons. The van der Waals surface area contributed by atoms with Crippen LogP contribution in [-0.4, -0.2) is 41.1 Å². The van der Waals surface area contributed by atoms with Crippen LogP contribution >= 0.6 is 11.8 Å². The van der Waals surface area contributed by atoms with Gasteiger partial charge in [-0.1, -0.05) is 0 Å². The lowest BCUT2D eigenvalue weighted by molar-refractivity contribution is 0.622. The molecule has 0 spiro atoms. The first-order chi connectivity index (χ1) is 8.34.